The lowest BCUT2D eigenvalue weighted by Gasteiger charge is -2.29. The van der Waals surface area contributed by atoms with Gasteiger partial charge in [0.25, 0.3) is 5.91 Å². The van der Waals surface area contributed by atoms with Crippen LogP contribution in [0.15, 0.2) is 18.3 Å². The minimum absolute atomic E-state index is 0.0252. The summed E-state index contributed by atoms with van der Waals surface area (Å²) >= 11 is 0. The van der Waals surface area contributed by atoms with Crippen LogP contribution in [0.5, 0.6) is 0 Å². The summed E-state index contributed by atoms with van der Waals surface area (Å²) in [6.07, 6.45) is 7.90. The van der Waals surface area contributed by atoms with Gasteiger partial charge in [0, 0.05) is 38.9 Å². The maximum absolute atomic E-state index is 12.6. The van der Waals surface area contributed by atoms with Crippen molar-refractivity contribution >= 4 is 11.7 Å². The molecule has 0 bridgehead atoms. The van der Waals surface area contributed by atoms with Gasteiger partial charge in [0.1, 0.15) is 5.82 Å². The summed E-state index contributed by atoms with van der Waals surface area (Å²) in [4.78, 5) is 21.6. The van der Waals surface area contributed by atoms with Crippen LogP contribution in [0, 0.1) is 0 Å². The summed E-state index contributed by atoms with van der Waals surface area (Å²) in [5, 5.41) is 12.6. The molecule has 1 aromatic rings. The molecule has 2 aliphatic heterocycles. The molecule has 2 aliphatic rings. The normalized spacial score (nSPS) is 19.8. The third kappa shape index (κ3) is 5.16. The number of aromatic nitrogens is 1. The van der Waals surface area contributed by atoms with E-state index >= 15 is 0 Å². The Bertz CT molecular complexity index is 552. The Labute approximate surface area is 150 Å². The summed E-state index contributed by atoms with van der Waals surface area (Å²) in [5.41, 5.74) is 0.686. The molecule has 2 saturated heterocycles. The highest BCUT2D eigenvalue weighted by Crippen LogP contribution is 2.21. The zero-order chi connectivity index (χ0) is 17.5. The van der Waals surface area contributed by atoms with Crippen molar-refractivity contribution < 1.29 is 9.90 Å². The number of amides is 1. The second-order valence-corrected chi connectivity index (χ2v) is 7.10. The average molecular weight is 346 g/mol. The van der Waals surface area contributed by atoms with Gasteiger partial charge in [0.2, 0.25) is 0 Å². The minimum Gasteiger partial charge on any atom is -0.393 e. The Morgan fingerprint density at radius 3 is 2.72 bits per heavy atom. The summed E-state index contributed by atoms with van der Waals surface area (Å²) in [5.74, 6) is 0.799. The van der Waals surface area contributed by atoms with Crippen molar-refractivity contribution in [1.29, 1.82) is 0 Å². The van der Waals surface area contributed by atoms with Gasteiger partial charge in [-0.25, -0.2) is 4.98 Å². The number of piperidine rings is 2. The van der Waals surface area contributed by atoms with E-state index in [1.54, 1.807) is 6.20 Å². The average Bonchev–Trinajstić information content (AvgIpc) is 2.67. The fraction of sp³-hybridized carbons (Fsp3) is 0.684. The number of rotatable bonds is 6. The van der Waals surface area contributed by atoms with Crippen LogP contribution in [0.2, 0.25) is 0 Å². The van der Waals surface area contributed by atoms with Gasteiger partial charge in [-0.05, 0) is 57.2 Å². The molecule has 2 fully saturated rings. The van der Waals surface area contributed by atoms with Gasteiger partial charge in [-0.2, -0.15) is 0 Å². The Kier molecular flexibility index (Phi) is 6.64. The van der Waals surface area contributed by atoms with E-state index in [-0.39, 0.29) is 12.0 Å². The van der Waals surface area contributed by atoms with Crippen LogP contribution < -0.4 is 10.2 Å². The Morgan fingerprint density at radius 1 is 1.20 bits per heavy atom. The van der Waals surface area contributed by atoms with Gasteiger partial charge < -0.3 is 20.2 Å². The predicted molar refractivity (Wildman–Crippen MR) is 98.9 cm³/mol. The second kappa shape index (κ2) is 9.15. The fourth-order valence-corrected chi connectivity index (χ4v) is 3.67. The molecular weight excluding hydrogens is 316 g/mol. The summed E-state index contributed by atoms with van der Waals surface area (Å²) in [6.45, 7) is 5.52. The van der Waals surface area contributed by atoms with Crippen molar-refractivity contribution in [2.24, 2.45) is 0 Å². The van der Waals surface area contributed by atoms with E-state index in [2.05, 4.69) is 20.1 Å². The van der Waals surface area contributed by atoms with Crippen molar-refractivity contribution in [3.05, 3.63) is 23.9 Å². The lowest BCUT2D eigenvalue weighted by atomic mass is 10.1. The molecule has 0 atom stereocenters. The molecule has 138 valence electrons. The van der Waals surface area contributed by atoms with E-state index in [0.29, 0.717) is 12.1 Å². The molecule has 3 heterocycles. The van der Waals surface area contributed by atoms with E-state index in [1.807, 2.05) is 12.1 Å². The summed E-state index contributed by atoms with van der Waals surface area (Å²) < 4.78 is 0. The minimum atomic E-state index is -0.130. The molecule has 1 amide bonds. The second-order valence-electron chi connectivity index (χ2n) is 7.10. The van der Waals surface area contributed by atoms with E-state index < -0.39 is 0 Å². The molecule has 0 aliphatic carbocycles. The first-order valence-corrected chi connectivity index (χ1v) is 9.62. The number of pyridine rings is 1. The molecule has 0 unspecified atom stereocenters. The van der Waals surface area contributed by atoms with Crippen molar-refractivity contribution in [2.45, 2.75) is 44.6 Å². The monoisotopic (exact) mass is 346 g/mol. The van der Waals surface area contributed by atoms with Crippen LogP contribution in [-0.2, 0) is 0 Å². The predicted octanol–water partition coefficient (Wildman–Crippen LogP) is 1.65. The fourth-order valence-electron chi connectivity index (χ4n) is 3.67. The first kappa shape index (κ1) is 18.1. The number of likely N-dealkylation sites (tertiary alicyclic amines) is 1. The molecule has 0 radical (unpaired) electrons. The number of aliphatic hydroxyl groups is 1. The van der Waals surface area contributed by atoms with E-state index in [4.69, 9.17) is 0 Å². The van der Waals surface area contributed by atoms with Crippen LogP contribution >= 0.6 is 0 Å². The SMILES string of the molecule is O=C(NCCCN1CCC(O)CC1)c1cccnc1N1CCCCC1. The van der Waals surface area contributed by atoms with Crippen molar-refractivity contribution in [1.82, 2.24) is 15.2 Å². The largest absolute Gasteiger partial charge is 0.393 e. The highest BCUT2D eigenvalue weighted by Gasteiger charge is 2.20. The standard InChI is InChI=1S/C19H30N4O2/c24-16-7-14-22(15-8-16)11-5-10-21-19(25)17-6-4-9-20-18(17)23-12-2-1-3-13-23/h4,6,9,16,24H,1-3,5,7-8,10-15H2,(H,21,25). The number of aliphatic hydroxyl groups excluding tert-OH is 1. The maximum atomic E-state index is 12.6. The maximum Gasteiger partial charge on any atom is 0.255 e. The molecule has 0 spiro atoms. The third-order valence-corrected chi connectivity index (χ3v) is 5.18. The summed E-state index contributed by atoms with van der Waals surface area (Å²) in [7, 11) is 0. The molecular formula is C19H30N4O2. The van der Waals surface area contributed by atoms with Gasteiger partial charge in [0.05, 0.1) is 11.7 Å². The molecule has 1 aromatic heterocycles. The van der Waals surface area contributed by atoms with Crippen LogP contribution in [0.4, 0.5) is 5.82 Å². The van der Waals surface area contributed by atoms with Crippen molar-refractivity contribution in [3.63, 3.8) is 0 Å². The number of hydrogen-bond donors (Lipinski definition) is 2. The van der Waals surface area contributed by atoms with Gasteiger partial charge in [-0.1, -0.05) is 0 Å². The van der Waals surface area contributed by atoms with Crippen LogP contribution in [0.1, 0.15) is 48.9 Å². The highest BCUT2D eigenvalue weighted by molar-refractivity contribution is 5.98. The van der Waals surface area contributed by atoms with Crippen LogP contribution in [0.3, 0.4) is 0 Å². The van der Waals surface area contributed by atoms with Crippen molar-refractivity contribution in [3.8, 4) is 0 Å². The molecule has 3 rings (SSSR count). The first-order valence-electron chi connectivity index (χ1n) is 9.62. The van der Waals surface area contributed by atoms with E-state index in [0.717, 1.165) is 57.8 Å². The number of anilines is 1. The number of carbonyl (C=O) groups excluding carboxylic acids is 1. The van der Waals surface area contributed by atoms with Gasteiger partial charge in [-0.3, -0.25) is 4.79 Å². The van der Waals surface area contributed by atoms with Crippen LogP contribution in [0.25, 0.3) is 0 Å². The Morgan fingerprint density at radius 2 is 1.96 bits per heavy atom. The van der Waals surface area contributed by atoms with Gasteiger partial charge >= 0.3 is 0 Å². The molecule has 2 N–H and O–H groups in total. The lowest BCUT2D eigenvalue weighted by molar-refractivity contribution is 0.0816. The highest BCUT2D eigenvalue weighted by atomic mass is 16.3. The first-order chi connectivity index (χ1) is 12.2. The van der Waals surface area contributed by atoms with Gasteiger partial charge in [-0.15, -0.1) is 0 Å². The zero-order valence-corrected chi connectivity index (χ0v) is 15.0. The van der Waals surface area contributed by atoms with Crippen LogP contribution in [-0.4, -0.2) is 66.3 Å². The number of nitrogens with zero attached hydrogens (tertiary/aromatic N) is 3. The van der Waals surface area contributed by atoms with Crippen molar-refractivity contribution in [2.75, 3.05) is 44.2 Å². The molecule has 6 nitrogen and oxygen atoms in total. The topological polar surface area (TPSA) is 68.7 Å². The molecule has 6 heteroatoms. The number of carbonyl (C=O) groups is 1. The smallest absolute Gasteiger partial charge is 0.255 e. The summed E-state index contributed by atoms with van der Waals surface area (Å²) in [6, 6.07) is 3.71. The quantitative estimate of drug-likeness (QED) is 0.767. The van der Waals surface area contributed by atoms with E-state index in [9.17, 15) is 9.90 Å². The van der Waals surface area contributed by atoms with Gasteiger partial charge in [0.15, 0.2) is 0 Å². The molecule has 0 saturated carbocycles. The third-order valence-electron chi connectivity index (χ3n) is 5.18. The Balaban J connectivity index is 1.46. The lowest BCUT2D eigenvalue weighted by Crippen LogP contribution is -2.38. The number of hydrogen-bond acceptors (Lipinski definition) is 5. The molecule has 0 aromatic carbocycles. The molecule has 25 heavy (non-hydrogen) atoms. The zero-order valence-electron chi connectivity index (χ0n) is 15.0. The van der Waals surface area contributed by atoms with E-state index in [1.165, 1.54) is 19.3 Å². The number of nitrogens with one attached hydrogen (secondary N) is 1. The Hall–Kier alpha value is -1.66.